The third-order valence-electron chi connectivity index (χ3n) is 2.39. The lowest BCUT2D eigenvalue weighted by Gasteiger charge is -2.05. The molecule has 17 heavy (non-hydrogen) atoms. The molecule has 0 atom stereocenters. The largest absolute Gasteiger partial charge is 0.507 e. The summed E-state index contributed by atoms with van der Waals surface area (Å²) in [4.78, 5) is 10.2. The molecule has 0 fully saturated rings. The van der Waals surface area contributed by atoms with Crippen LogP contribution in [-0.4, -0.2) is 10.0 Å². The van der Waals surface area contributed by atoms with E-state index >= 15 is 0 Å². The molecule has 0 aliphatic rings. The molecule has 0 aromatic heterocycles. The molecular formula is C12H10N2O3. The summed E-state index contributed by atoms with van der Waals surface area (Å²) >= 11 is 0. The highest BCUT2D eigenvalue weighted by Gasteiger charge is 2.10. The van der Waals surface area contributed by atoms with Crippen molar-refractivity contribution in [2.75, 3.05) is 5.73 Å². The molecule has 2 aromatic carbocycles. The Bertz CT molecular complexity index is 582. The Morgan fingerprint density at radius 3 is 2.65 bits per heavy atom. The molecule has 5 heteroatoms. The molecule has 2 rings (SSSR count). The molecule has 0 radical (unpaired) electrons. The van der Waals surface area contributed by atoms with Crippen molar-refractivity contribution in [3.8, 4) is 16.9 Å². The molecule has 0 saturated carbocycles. The van der Waals surface area contributed by atoms with Crippen molar-refractivity contribution >= 4 is 11.4 Å². The second kappa shape index (κ2) is 4.13. The van der Waals surface area contributed by atoms with Gasteiger partial charge in [-0.2, -0.15) is 0 Å². The SMILES string of the molecule is Nc1ccc(O)c(-c2cccc([N+](=O)[O-])c2)c1. The number of hydrogen-bond acceptors (Lipinski definition) is 4. The Morgan fingerprint density at radius 2 is 1.94 bits per heavy atom. The van der Waals surface area contributed by atoms with E-state index in [4.69, 9.17) is 5.73 Å². The van der Waals surface area contributed by atoms with E-state index in [2.05, 4.69) is 0 Å². The van der Waals surface area contributed by atoms with Crippen molar-refractivity contribution in [1.82, 2.24) is 0 Å². The van der Waals surface area contributed by atoms with E-state index in [1.54, 1.807) is 24.3 Å². The summed E-state index contributed by atoms with van der Waals surface area (Å²) in [5, 5.41) is 20.3. The van der Waals surface area contributed by atoms with Gasteiger partial charge in [0, 0.05) is 23.4 Å². The zero-order valence-corrected chi connectivity index (χ0v) is 8.83. The zero-order valence-electron chi connectivity index (χ0n) is 8.83. The fourth-order valence-corrected chi connectivity index (χ4v) is 1.57. The number of nitrogen functional groups attached to an aromatic ring is 1. The lowest BCUT2D eigenvalue weighted by molar-refractivity contribution is -0.384. The molecular weight excluding hydrogens is 220 g/mol. The minimum absolute atomic E-state index is 0.0238. The van der Waals surface area contributed by atoms with Gasteiger partial charge in [-0.25, -0.2) is 0 Å². The quantitative estimate of drug-likeness (QED) is 0.359. The number of nitrogens with two attached hydrogens (primary N) is 1. The molecule has 0 aliphatic heterocycles. The van der Waals surface area contributed by atoms with Gasteiger partial charge < -0.3 is 10.8 Å². The maximum atomic E-state index is 10.7. The van der Waals surface area contributed by atoms with Crippen LogP contribution in [0.5, 0.6) is 5.75 Å². The number of nitro benzene ring substituents is 1. The number of rotatable bonds is 2. The maximum Gasteiger partial charge on any atom is 0.270 e. The number of hydrogen-bond donors (Lipinski definition) is 2. The number of non-ortho nitro benzene ring substituents is 1. The number of anilines is 1. The molecule has 2 aromatic rings. The van der Waals surface area contributed by atoms with Crippen LogP contribution in [-0.2, 0) is 0 Å². The first-order chi connectivity index (χ1) is 8.08. The van der Waals surface area contributed by atoms with E-state index < -0.39 is 4.92 Å². The minimum atomic E-state index is -0.479. The van der Waals surface area contributed by atoms with Gasteiger partial charge in [-0.15, -0.1) is 0 Å². The predicted octanol–water partition coefficient (Wildman–Crippen LogP) is 2.55. The van der Waals surface area contributed by atoms with Crippen LogP contribution in [0.4, 0.5) is 11.4 Å². The Hall–Kier alpha value is -2.56. The van der Waals surface area contributed by atoms with E-state index in [9.17, 15) is 15.2 Å². The highest BCUT2D eigenvalue weighted by Crippen LogP contribution is 2.32. The summed E-state index contributed by atoms with van der Waals surface area (Å²) in [7, 11) is 0. The molecule has 0 unspecified atom stereocenters. The number of benzene rings is 2. The Morgan fingerprint density at radius 1 is 1.18 bits per heavy atom. The lowest BCUT2D eigenvalue weighted by Crippen LogP contribution is -1.89. The number of phenolic OH excluding ortho intramolecular Hbond substituents is 1. The molecule has 0 bridgehead atoms. The first-order valence-corrected chi connectivity index (χ1v) is 4.91. The Kier molecular flexibility index (Phi) is 2.66. The molecule has 0 amide bonds. The van der Waals surface area contributed by atoms with Gasteiger partial charge >= 0.3 is 0 Å². The van der Waals surface area contributed by atoms with Gasteiger partial charge in [-0.3, -0.25) is 10.1 Å². The van der Waals surface area contributed by atoms with Crippen LogP contribution in [0, 0.1) is 10.1 Å². The van der Waals surface area contributed by atoms with E-state index in [0.29, 0.717) is 16.8 Å². The fourth-order valence-electron chi connectivity index (χ4n) is 1.57. The average molecular weight is 230 g/mol. The number of phenols is 1. The second-order valence-electron chi connectivity index (χ2n) is 3.58. The smallest absolute Gasteiger partial charge is 0.270 e. The minimum Gasteiger partial charge on any atom is -0.507 e. The van der Waals surface area contributed by atoms with Gasteiger partial charge in [-0.05, 0) is 23.8 Å². The topological polar surface area (TPSA) is 89.4 Å². The summed E-state index contributed by atoms with van der Waals surface area (Å²) in [5.74, 6) is 0.0414. The van der Waals surface area contributed by atoms with E-state index in [1.165, 1.54) is 18.2 Å². The van der Waals surface area contributed by atoms with Crippen molar-refractivity contribution in [2.24, 2.45) is 0 Å². The summed E-state index contributed by atoms with van der Waals surface area (Å²) in [6.45, 7) is 0. The zero-order chi connectivity index (χ0) is 12.4. The van der Waals surface area contributed by atoms with Gasteiger partial charge in [-0.1, -0.05) is 12.1 Å². The van der Waals surface area contributed by atoms with Crippen molar-refractivity contribution < 1.29 is 10.0 Å². The first kappa shape index (κ1) is 10.9. The van der Waals surface area contributed by atoms with Crippen molar-refractivity contribution in [2.45, 2.75) is 0 Å². The maximum absolute atomic E-state index is 10.7. The van der Waals surface area contributed by atoms with Crippen LogP contribution in [0.3, 0.4) is 0 Å². The van der Waals surface area contributed by atoms with Crippen LogP contribution in [0.25, 0.3) is 11.1 Å². The number of nitrogens with zero attached hydrogens (tertiary/aromatic N) is 1. The summed E-state index contributed by atoms with van der Waals surface area (Å²) in [6, 6.07) is 10.6. The van der Waals surface area contributed by atoms with E-state index in [0.717, 1.165) is 0 Å². The van der Waals surface area contributed by atoms with Gasteiger partial charge in [0.15, 0.2) is 0 Å². The second-order valence-corrected chi connectivity index (χ2v) is 3.58. The van der Waals surface area contributed by atoms with Gasteiger partial charge in [0.25, 0.3) is 5.69 Å². The third kappa shape index (κ3) is 2.17. The van der Waals surface area contributed by atoms with Crippen LogP contribution in [0.1, 0.15) is 0 Å². The van der Waals surface area contributed by atoms with E-state index in [1.807, 2.05) is 0 Å². The number of nitro groups is 1. The van der Waals surface area contributed by atoms with Crippen molar-refractivity contribution in [3.05, 3.63) is 52.6 Å². The van der Waals surface area contributed by atoms with E-state index in [-0.39, 0.29) is 11.4 Å². The first-order valence-electron chi connectivity index (χ1n) is 4.91. The molecule has 86 valence electrons. The van der Waals surface area contributed by atoms with Crippen molar-refractivity contribution in [3.63, 3.8) is 0 Å². The molecule has 0 heterocycles. The Labute approximate surface area is 97.3 Å². The fraction of sp³-hybridized carbons (Fsp3) is 0. The van der Waals surface area contributed by atoms with Crippen LogP contribution >= 0.6 is 0 Å². The normalized spacial score (nSPS) is 10.1. The number of aromatic hydroxyl groups is 1. The van der Waals surface area contributed by atoms with Gasteiger partial charge in [0.2, 0.25) is 0 Å². The van der Waals surface area contributed by atoms with Crippen LogP contribution < -0.4 is 5.73 Å². The summed E-state index contributed by atoms with van der Waals surface area (Å²) in [6.07, 6.45) is 0. The summed E-state index contributed by atoms with van der Waals surface area (Å²) < 4.78 is 0. The third-order valence-corrected chi connectivity index (χ3v) is 2.39. The molecule has 0 spiro atoms. The highest BCUT2D eigenvalue weighted by atomic mass is 16.6. The summed E-state index contributed by atoms with van der Waals surface area (Å²) in [5.41, 5.74) is 7.12. The monoisotopic (exact) mass is 230 g/mol. The molecule has 5 nitrogen and oxygen atoms in total. The Balaban J connectivity index is 2.56. The highest BCUT2D eigenvalue weighted by molar-refractivity contribution is 5.74. The predicted molar refractivity (Wildman–Crippen MR) is 64.6 cm³/mol. The standard InChI is InChI=1S/C12H10N2O3/c13-9-4-5-12(15)11(7-9)8-2-1-3-10(6-8)14(16)17/h1-7,15H,13H2. The van der Waals surface area contributed by atoms with Crippen molar-refractivity contribution in [1.29, 1.82) is 0 Å². The molecule has 3 N–H and O–H groups in total. The molecule has 0 aliphatic carbocycles. The van der Waals surface area contributed by atoms with Gasteiger partial charge in [0.05, 0.1) is 4.92 Å². The molecule has 0 saturated heterocycles. The van der Waals surface area contributed by atoms with Gasteiger partial charge in [0.1, 0.15) is 5.75 Å². The van der Waals surface area contributed by atoms with Crippen LogP contribution in [0.2, 0.25) is 0 Å². The van der Waals surface area contributed by atoms with Crippen LogP contribution in [0.15, 0.2) is 42.5 Å². The average Bonchev–Trinajstić information content (AvgIpc) is 2.32. The lowest BCUT2D eigenvalue weighted by atomic mass is 10.0.